The number of ether oxygens (including phenoxy) is 1. The van der Waals surface area contributed by atoms with E-state index in [0.29, 0.717) is 5.75 Å². The maximum atomic E-state index is 11.5. The van der Waals surface area contributed by atoms with Gasteiger partial charge in [0.2, 0.25) is 10.0 Å². The van der Waals surface area contributed by atoms with Gasteiger partial charge in [0.15, 0.2) is 0 Å². The predicted molar refractivity (Wildman–Crippen MR) is 57.4 cm³/mol. The monoisotopic (exact) mass is 213 g/mol. The maximum absolute atomic E-state index is 11.5. The van der Waals surface area contributed by atoms with Crippen molar-refractivity contribution in [3.05, 3.63) is 18.2 Å². The standard InChI is InChI=1S/C8H12BNO3S/c1-10-14(11,12)8-5-6(9)3-4-7(8)13-2/h3-5,10H,9H2,1-2H3. The Bertz CT molecular complexity index is 430. The van der Waals surface area contributed by atoms with Gasteiger partial charge in [-0.25, -0.2) is 13.1 Å². The Balaban J connectivity index is 3.39. The lowest BCUT2D eigenvalue weighted by molar-refractivity contribution is 0.402. The molecule has 0 radical (unpaired) electrons. The Labute approximate surface area is 84.7 Å². The van der Waals surface area contributed by atoms with Crippen LogP contribution in [-0.2, 0) is 10.0 Å². The van der Waals surface area contributed by atoms with Crippen LogP contribution in [0.5, 0.6) is 5.75 Å². The molecule has 0 saturated carbocycles. The number of nitrogens with one attached hydrogen (secondary N) is 1. The van der Waals surface area contributed by atoms with Gasteiger partial charge >= 0.3 is 0 Å². The molecule has 0 unspecified atom stereocenters. The maximum Gasteiger partial charge on any atom is 0.243 e. The first-order chi connectivity index (χ1) is 6.51. The van der Waals surface area contributed by atoms with Crippen LogP contribution < -0.4 is 14.9 Å². The van der Waals surface area contributed by atoms with E-state index in [1.165, 1.54) is 14.2 Å². The third-order valence-corrected chi connectivity index (χ3v) is 3.31. The molecule has 0 spiro atoms. The summed E-state index contributed by atoms with van der Waals surface area (Å²) in [6.07, 6.45) is 0. The van der Waals surface area contributed by atoms with E-state index < -0.39 is 10.0 Å². The lowest BCUT2D eigenvalue weighted by Crippen LogP contribution is -2.21. The molecule has 1 aromatic carbocycles. The van der Waals surface area contributed by atoms with E-state index in [0.717, 1.165) is 5.46 Å². The van der Waals surface area contributed by atoms with E-state index in [2.05, 4.69) is 4.72 Å². The van der Waals surface area contributed by atoms with Crippen molar-refractivity contribution < 1.29 is 13.2 Å². The molecule has 14 heavy (non-hydrogen) atoms. The zero-order chi connectivity index (χ0) is 10.8. The SMILES string of the molecule is Bc1ccc(OC)c(S(=O)(=O)NC)c1. The number of benzene rings is 1. The molecule has 0 atom stereocenters. The van der Waals surface area contributed by atoms with Crippen LogP contribution in [-0.4, -0.2) is 30.4 Å². The third-order valence-electron chi connectivity index (χ3n) is 1.88. The van der Waals surface area contributed by atoms with Crippen molar-refractivity contribution in [2.24, 2.45) is 0 Å². The molecule has 1 aromatic rings. The summed E-state index contributed by atoms with van der Waals surface area (Å²) in [5, 5.41) is 0. The Morgan fingerprint density at radius 1 is 1.43 bits per heavy atom. The lowest BCUT2D eigenvalue weighted by Gasteiger charge is -2.09. The molecule has 0 saturated heterocycles. The first kappa shape index (κ1) is 11.1. The summed E-state index contributed by atoms with van der Waals surface area (Å²) in [6.45, 7) is 0. The molecule has 0 heterocycles. The number of sulfonamides is 1. The fraction of sp³-hybridized carbons (Fsp3) is 0.250. The van der Waals surface area contributed by atoms with E-state index in [-0.39, 0.29) is 4.90 Å². The highest BCUT2D eigenvalue weighted by Crippen LogP contribution is 2.20. The summed E-state index contributed by atoms with van der Waals surface area (Å²) in [7, 11) is 1.20. The topological polar surface area (TPSA) is 55.4 Å². The molecule has 76 valence electrons. The number of rotatable bonds is 3. The summed E-state index contributed by atoms with van der Waals surface area (Å²) in [5.41, 5.74) is 0.875. The highest BCUT2D eigenvalue weighted by molar-refractivity contribution is 7.89. The van der Waals surface area contributed by atoms with Gasteiger partial charge in [-0.15, -0.1) is 0 Å². The zero-order valence-corrected chi connectivity index (χ0v) is 9.18. The van der Waals surface area contributed by atoms with Gasteiger partial charge in [-0.2, -0.15) is 0 Å². The summed E-state index contributed by atoms with van der Waals surface area (Å²) < 4.78 is 30.3. The van der Waals surface area contributed by atoms with Crippen LogP contribution in [0.1, 0.15) is 0 Å². The molecule has 0 aliphatic rings. The fourth-order valence-electron chi connectivity index (χ4n) is 1.10. The number of hydrogen-bond donors (Lipinski definition) is 1. The third kappa shape index (κ3) is 2.08. The van der Waals surface area contributed by atoms with Crippen LogP contribution >= 0.6 is 0 Å². The number of methoxy groups -OCH3 is 1. The Hall–Kier alpha value is -1.01. The average Bonchev–Trinajstić information content (AvgIpc) is 2.18. The smallest absolute Gasteiger partial charge is 0.243 e. The van der Waals surface area contributed by atoms with E-state index in [1.807, 2.05) is 7.85 Å². The Kier molecular flexibility index (Phi) is 3.18. The number of hydrogen-bond acceptors (Lipinski definition) is 3. The fourth-order valence-corrected chi connectivity index (χ4v) is 2.08. The summed E-state index contributed by atoms with van der Waals surface area (Å²) >= 11 is 0. The predicted octanol–water partition coefficient (Wildman–Crippen LogP) is -1.14. The van der Waals surface area contributed by atoms with E-state index in [4.69, 9.17) is 4.74 Å². The molecule has 6 heteroatoms. The van der Waals surface area contributed by atoms with Gasteiger partial charge in [-0.05, 0) is 19.2 Å². The van der Waals surface area contributed by atoms with E-state index >= 15 is 0 Å². The molecule has 0 amide bonds. The van der Waals surface area contributed by atoms with Gasteiger partial charge in [-0.1, -0.05) is 11.5 Å². The quantitative estimate of drug-likeness (QED) is 0.646. The van der Waals surface area contributed by atoms with Gasteiger partial charge < -0.3 is 4.74 Å². The second-order valence-corrected chi connectivity index (χ2v) is 4.72. The molecule has 0 bridgehead atoms. The first-order valence-electron chi connectivity index (χ1n) is 4.09. The largest absolute Gasteiger partial charge is 0.495 e. The van der Waals surface area contributed by atoms with Crippen molar-refractivity contribution in [1.29, 1.82) is 0 Å². The minimum absolute atomic E-state index is 0.169. The van der Waals surface area contributed by atoms with E-state index in [1.54, 1.807) is 18.2 Å². The normalized spacial score (nSPS) is 11.3. The van der Waals surface area contributed by atoms with Crippen molar-refractivity contribution >= 4 is 23.3 Å². The Morgan fingerprint density at radius 2 is 2.07 bits per heavy atom. The highest BCUT2D eigenvalue weighted by atomic mass is 32.2. The van der Waals surface area contributed by atoms with Gasteiger partial charge in [0.05, 0.1) is 7.11 Å². The van der Waals surface area contributed by atoms with Gasteiger partial charge in [-0.3, -0.25) is 0 Å². The van der Waals surface area contributed by atoms with Crippen LogP contribution in [0.3, 0.4) is 0 Å². The molecule has 4 nitrogen and oxygen atoms in total. The van der Waals surface area contributed by atoms with Crippen LogP contribution in [0, 0.1) is 0 Å². The summed E-state index contributed by atoms with van der Waals surface area (Å²) in [5.74, 6) is 0.352. The zero-order valence-electron chi connectivity index (χ0n) is 8.37. The van der Waals surface area contributed by atoms with Crippen LogP contribution in [0.2, 0.25) is 0 Å². The second kappa shape index (κ2) is 4.02. The van der Waals surface area contributed by atoms with E-state index in [9.17, 15) is 8.42 Å². The molecule has 0 aromatic heterocycles. The summed E-state index contributed by atoms with van der Waals surface area (Å²) in [4.78, 5) is 0.169. The molecule has 0 fully saturated rings. The molecule has 1 rings (SSSR count). The first-order valence-corrected chi connectivity index (χ1v) is 5.58. The summed E-state index contributed by atoms with van der Waals surface area (Å²) in [6, 6.07) is 5.01. The molecule has 0 aliphatic carbocycles. The van der Waals surface area contributed by atoms with Crippen molar-refractivity contribution in [2.45, 2.75) is 4.90 Å². The molecule has 1 N–H and O–H groups in total. The van der Waals surface area contributed by atoms with Gasteiger partial charge in [0.1, 0.15) is 18.5 Å². The van der Waals surface area contributed by atoms with Crippen LogP contribution in [0.25, 0.3) is 0 Å². The molecule has 0 aliphatic heterocycles. The van der Waals surface area contributed by atoms with Crippen molar-refractivity contribution in [2.75, 3.05) is 14.2 Å². The van der Waals surface area contributed by atoms with Gasteiger partial charge in [0, 0.05) is 0 Å². The lowest BCUT2D eigenvalue weighted by atomic mass is 9.97. The Morgan fingerprint density at radius 3 is 2.57 bits per heavy atom. The van der Waals surface area contributed by atoms with Crippen molar-refractivity contribution in [3.8, 4) is 5.75 Å². The van der Waals surface area contributed by atoms with Crippen LogP contribution in [0.4, 0.5) is 0 Å². The van der Waals surface area contributed by atoms with Crippen molar-refractivity contribution in [1.82, 2.24) is 4.72 Å². The highest BCUT2D eigenvalue weighted by Gasteiger charge is 2.16. The minimum Gasteiger partial charge on any atom is -0.495 e. The minimum atomic E-state index is -3.44. The molecular weight excluding hydrogens is 201 g/mol. The van der Waals surface area contributed by atoms with Gasteiger partial charge in [0.25, 0.3) is 0 Å². The van der Waals surface area contributed by atoms with Crippen LogP contribution in [0.15, 0.2) is 23.1 Å². The average molecular weight is 213 g/mol. The van der Waals surface area contributed by atoms with Crippen molar-refractivity contribution in [3.63, 3.8) is 0 Å². The second-order valence-electron chi connectivity index (χ2n) is 2.86. The molecular formula is C8H12BNO3S.